The van der Waals surface area contributed by atoms with Gasteiger partial charge in [0.15, 0.2) is 0 Å². The number of amides is 2. The molecule has 0 heterocycles. The first-order valence-electron chi connectivity index (χ1n) is 8.20. The van der Waals surface area contributed by atoms with Crippen LogP contribution < -0.4 is 15.4 Å². The van der Waals surface area contributed by atoms with E-state index in [1.54, 1.807) is 13.8 Å². The van der Waals surface area contributed by atoms with Crippen molar-refractivity contribution in [2.24, 2.45) is 0 Å². The second-order valence-electron chi connectivity index (χ2n) is 6.24. The SMILES string of the molecule is CC(=O)Nc1ccc(Cl)cc1NC(=O)c1cc(S(=O)(=O)NC(C)C)ccc1F. The minimum absolute atomic E-state index is 0.140. The average Bonchev–Trinajstić information content (AvgIpc) is 2.56. The van der Waals surface area contributed by atoms with Gasteiger partial charge in [0.25, 0.3) is 5.91 Å². The highest BCUT2D eigenvalue weighted by Crippen LogP contribution is 2.27. The molecule has 28 heavy (non-hydrogen) atoms. The number of nitrogens with one attached hydrogen (secondary N) is 3. The van der Waals surface area contributed by atoms with Crippen LogP contribution in [0.1, 0.15) is 31.1 Å². The smallest absolute Gasteiger partial charge is 0.258 e. The Bertz CT molecular complexity index is 1030. The summed E-state index contributed by atoms with van der Waals surface area (Å²) in [5.74, 6) is -2.17. The molecule has 0 aliphatic rings. The molecule has 2 rings (SSSR count). The molecule has 0 aromatic heterocycles. The molecule has 2 aromatic carbocycles. The van der Waals surface area contributed by atoms with Gasteiger partial charge < -0.3 is 10.6 Å². The summed E-state index contributed by atoms with van der Waals surface area (Å²) in [5, 5.41) is 5.24. The second kappa shape index (κ2) is 8.68. The lowest BCUT2D eigenvalue weighted by atomic mass is 10.2. The molecule has 7 nitrogen and oxygen atoms in total. The van der Waals surface area contributed by atoms with Crippen molar-refractivity contribution in [3.63, 3.8) is 0 Å². The lowest BCUT2D eigenvalue weighted by Crippen LogP contribution is -2.30. The van der Waals surface area contributed by atoms with Gasteiger partial charge in [0.05, 0.1) is 21.8 Å². The highest BCUT2D eigenvalue weighted by atomic mass is 35.5. The molecule has 0 saturated carbocycles. The Kier molecular flexibility index (Phi) is 6.76. The summed E-state index contributed by atoms with van der Waals surface area (Å²) in [7, 11) is -3.91. The molecule has 0 fully saturated rings. The molecule has 2 aromatic rings. The van der Waals surface area contributed by atoms with E-state index >= 15 is 0 Å². The van der Waals surface area contributed by atoms with E-state index in [1.165, 1.54) is 25.1 Å². The van der Waals surface area contributed by atoms with Crippen LogP contribution in [0.15, 0.2) is 41.3 Å². The first-order chi connectivity index (χ1) is 13.0. The maximum absolute atomic E-state index is 14.2. The Hall–Kier alpha value is -2.49. The van der Waals surface area contributed by atoms with Crippen molar-refractivity contribution in [3.05, 3.63) is 52.8 Å². The van der Waals surface area contributed by atoms with Crippen LogP contribution in [0.2, 0.25) is 5.02 Å². The van der Waals surface area contributed by atoms with Crippen molar-refractivity contribution >= 4 is 44.8 Å². The number of hydrogen-bond donors (Lipinski definition) is 3. The van der Waals surface area contributed by atoms with Gasteiger partial charge >= 0.3 is 0 Å². The minimum atomic E-state index is -3.91. The van der Waals surface area contributed by atoms with Crippen molar-refractivity contribution in [2.75, 3.05) is 10.6 Å². The number of anilines is 2. The summed E-state index contributed by atoms with van der Waals surface area (Å²) in [6.07, 6.45) is 0. The summed E-state index contributed by atoms with van der Waals surface area (Å²) < 4.78 is 41.1. The topological polar surface area (TPSA) is 104 Å². The van der Waals surface area contributed by atoms with Gasteiger partial charge in [-0.1, -0.05) is 11.6 Å². The van der Waals surface area contributed by atoms with Gasteiger partial charge in [-0.05, 0) is 50.2 Å². The summed E-state index contributed by atoms with van der Waals surface area (Å²) >= 11 is 5.92. The normalized spacial score (nSPS) is 11.4. The largest absolute Gasteiger partial charge is 0.325 e. The Morgan fingerprint density at radius 1 is 1.04 bits per heavy atom. The van der Waals surface area contributed by atoms with Gasteiger partial charge in [-0.3, -0.25) is 9.59 Å². The van der Waals surface area contributed by atoms with E-state index in [0.717, 1.165) is 18.2 Å². The van der Waals surface area contributed by atoms with E-state index in [-0.39, 0.29) is 33.2 Å². The molecule has 150 valence electrons. The zero-order chi connectivity index (χ0) is 21.1. The Morgan fingerprint density at radius 3 is 2.32 bits per heavy atom. The van der Waals surface area contributed by atoms with Crippen LogP contribution in [0.5, 0.6) is 0 Å². The first-order valence-corrected chi connectivity index (χ1v) is 10.1. The molecule has 0 aliphatic carbocycles. The Morgan fingerprint density at radius 2 is 1.71 bits per heavy atom. The quantitative estimate of drug-likeness (QED) is 0.657. The van der Waals surface area contributed by atoms with Crippen LogP contribution in [-0.4, -0.2) is 26.3 Å². The van der Waals surface area contributed by atoms with E-state index in [1.807, 2.05) is 0 Å². The second-order valence-corrected chi connectivity index (χ2v) is 8.39. The van der Waals surface area contributed by atoms with Gasteiger partial charge in [0, 0.05) is 18.0 Å². The minimum Gasteiger partial charge on any atom is -0.325 e. The third kappa shape index (κ3) is 5.51. The number of hydrogen-bond acceptors (Lipinski definition) is 4. The highest BCUT2D eigenvalue weighted by molar-refractivity contribution is 7.89. The lowest BCUT2D eigenvalue weighted by Gasteiger charge is -2.14. The molecule has 0 spiro atoms. The van der Waals surface area contributed by atoms with E-state index in [2.05, 4.69) is 15.4 Å². The molecule has 0 aliphatic heterocycles. The molecule has 0 atom stereocenters. The van der Waals surface area contributed by atoms with Crippen molar-refractivity contribution in [1.29, 1.82) is 0 Å². The molecule has 0 saturated heterocycles. The van der Waals surface area contributed by atoms with Gasteiger partial charge in [-0.25, -0.2) is 17.5 Å². The molecular weight excluding hydrogens is 409 g/mol. The van der Waals surface area contributed by atoms with E-state index in [0.29, 0.717) is 0 Å². The van der Waals surface area contributed by atoms with Crippen molar-refractivity contribution < 1.29 is 22.4 Å². The maximum Gasteiger partial charge on any atom is 0.258 e. The highest BCUT2D eigenvalue weighted by Gasteiger charge is 2.21. The number of rotatable bonds is 6. The summed E-state index contributed by atoms with van der Waals surface area (Å²) in [6.45, 7) is 4.56. The molecule has 0 unspecified atom stereocenters. The molecule has 0 radical (unpaired) electrons. The maximum atomic E-state index is 14.2. The summed E-state index contributed by atoms with van der Waals surface area (Å²) in [5.41, 5.74) is -0.0723. The van der Waals surface area contributed by atoms with Crippen molar-refractivity contribution in [2.45, 2.75) is 31.7 Å². The fourth-order valence-corrected chi connectivity index (χ4v) is 3.78. The van der Waals surface area contributed by atoms with Crippen molar-refractivity contribution in [1.82, 2.24) is 4.72 Å². The zero-order valence-electron chi connectivity index (χ0n) is 15.3. The average molecular weight is 428 g/mol. The fourth-order valence-electron chi connectivity index (χ4n) is 2.33. The van der Waals surface area contributed by atoms with Crippen LogP contribution >= 0.6 is 11.6 Å². The van der Waals surface area contributed by atoms with Crippen molar-refractivity contribution in [3.8, 4) is 0 Å². The third-order valence-corrected chi connectivity index (χ3v) is 5.32. The number of carbonyl (C=O) groups excluding carboxylic acids is 2. The van der Waals surface area contributed by atoms with Gasteiger partial charge in [0.1, 0.15) is 5.82 Å². The van der Waals surface area contributed by atoms with Crippen LogP contribution in [0.4, 0.5) is 15.8 Å². The van der Waals surface area contributed by atoms with E-state index < -0.39 is 27.3 Å². The molecule has 10 heteroatoms. The lowest BCUT2D eigenvalue weighted by molar-refractivity contribution is -0.114. The summed E-state index contributed by atoms with van der Waals surface area (Å²) in [6, 6.07) is 6.90. The van der Waals surface area contributed by atoms with Crippen LogP contribution in [-0.2, 0) is 14.8 Å². The van der Waals surface area contributed by atoms with Crippen LogP contribution in [0, 0.1) is 5.82 Å². The first kappa shape index (κ1) is 21.8. The molecule has 0 bridgehead atoms. The Balaban J connectivity index is 2.39. The predicted molar refractivity (Wildman–Crippen MR) is 106 cm³/mol. The zero-order valence-corrected chi connectivity index (χ0v) is 16.9. The summed E-state index contributed by atoms with van der Waals surface area (Å²) in [4.78, 5) is 23.6. The number of carbonyl (C=O) groups is 2. The number of halogens is 2. The molecule has 2 amide bonds. The number of sulfonamides is 1. The number of benzene rings is 2. The fraction of sp³-hybridized carbons (Fsp3) is 0.222. The van der Waals surface area contributed by atoms with Gasteiger partial charge in [0.2, 0.25) is 15.9 Å². The van der Waals surface area contributed by atoms with Crippen LogP contribution in [0.3, 0.4) is 0 Å². The molecule has 3 N–H and O–H groups in total. The Labute approximate surface area is 167 Å². The monoisotopic (exact) mass is 427 g/mol. The standard InChI is InChI=1S/C18H19ClFN3O4S/c1-10(2)23-28(26,27)13-5-6-15(20)14(9-13)18(25)22-17-8-12(19)4-7-16(17)21-11(3)24/h4-10,23H,1-3H3,(H,21,24)(H,22,25). The third-order valence-electron chi connectivity index (χ3n) is 3.42. The van der Waals surface area contributed by atoms with Gasteiger partial charge in [-0.2, -0.15) is 0 Å². The molecular formula is C18H19ClFN3O4S. The van der Waals surface area contributed by atoms with E-state index in [4.69, 9.17) is 11.6 Å². The van der Waals surface area contributed by atoms with E-state index in [9.17, 15) is 22.4 Å². The van der Waals surface area contributed by atoms with Crippen LogP contribution in [0.25, 0.3) is 0 Å². The van der Waals surface area contributed by atoms with Gasteiger partial charge in [-0.15, -0.1) is 0 Å². The predicted octanol–water partition coefficient (Wildman–Crippen LogP) is 3.38.